The molecule has 0 aliphatic heterocycles. The minimum atomic E-state index is 0.400. The molecule has 0 saturated carbocycles. The third-order valence-corrected chi connectivity index (χ3v) is 1.08. The minimum Gasteiger partial charge on any atom is -0.378 e. The second-order valence-corrected chi connectivity index (χ2v) is 2.39. The van der Waals surface area contributed by atoms with E-state index in [-0.39, 0.29) is 0 Å². The molecular formula is C6H12Cl2O3. The van der Waals surface area contributed by atoms with Crippen LogP contribution in [-0.2, 0) is 14.5 Å². The molecule has 0 aromatic heterocycles. The Labute approximate surface area is 76.4 Å². The van der Waals surface area contributed by atoms with Gasteiger partial charge in [0.05, 0.1) is 19.8 Å². The van der Waals surface area contributed by atoms with Crippen LogP contribution in [0.4, 0.5) is 0 Å². The first-order valence-corrected chi connectivity index (χ1v) is 4.42. The predicted octanol–water partition coefficient (Wildman–Crippen LogP) is 1.43. The van der Waals surface area contributed by atoms with Gasteiger partial charge in [-0.05, 0) is 0 Å². The van der Waals surface area contributed by atoms with Gasteiger partial charge < -0.3 is 4.74 Å². The molecule has 0 radical (unpaired) electrons. The molecule has 11 heavy (non-hydrogen) atoms. The Bertz CT molecular complexity index is 64.8. The highest BCUT2D eigenvalue weighted by atomic mass is 35.5. The van der Waals surface area contributed by atoms with E-state index in [0.29, 0.717) is 38.2 Å². The lowest BCUT2D eigenvalue weighted by atomic mass is 10.7. The average Bonchev–Trinajstić information content (AvgIpc) is 2.03. The Morgan fingerprint density at radius 1 is 0.727 bits per heavy atom. The van der Waals surface area contributed by atoms with Gasteiger partial charge in [0.1, 0.15) is 6.61 Å². The van der Waals surface area contributed by atoms with Crippen molar-refractivity contribution < 1.29 is 14.5 Å². The molecular weight excluding hydrogens is 191 g/mol. The first-order valence-electron chi connectivity index (χ1n) is 3.36. The van der Waals surface area contributed by atoms with Crippen molar-refractivity contribution in [3.05, 3.63) is 0 Å². The quantitative estimate of drug-likeness (QED) is 0.258. The number of alkyl halides is 2. The molecule has 0 spiro atoms. The summed E-state index contributed by atoms with van der Waals surface area (Å²) in [7, 11) is 0. The lowest BCUT2D eigenvalue weighted by Gasteiger charge is -2.02. The second kappa shape index (κ2) is 10.5. The van der Waals surface area contributed by atoms with Gasteiger partial charge in [0.2, 0.25) is 0 Å². The van der Waals surface area contributed by atoms with E-state index in [2.05, 4.69) is 9.78 Å². The van der Waals surface area contributed by atoms with Crippen molar-refractivity contribution >= 4 is 23.2 Å². The van der Waals surface area contributed by atoms with Crippen molar-refractivity contribution in [2.24, 2.45) is 0 Å². The van der Waals surface area contributed by atoms with Gasteiger partial charge >= 0.3 is 0 Å². The van der Waals surface area contributed by atoms with E-state index in [4.69, 9.17) is 27.9 Å². The van der Waals surface area contributed by atoms with E-state index in [0.717, 1.165) is 0 Å². The van der Waals surface area contributed by atoms with Gasteiger partial charge in [0, 0.05) is 11.8 Å². The topological polar surface area (TPSA) is 27.7 Å². The fraction of sp³-hybridized carbons (Fsp3) is 1.00. The van der Waals surface area contributed by atoms with Crippen LogP contribution in [0.2, 0.25) is 0 Å². The number of rotatable bonds is 8. The molecule has 0 heterocycles. The molecule has 5 heteroatoms. The largest absolute Gasteiger partial charge is 0.378 e. The lowest BCUT2D eigenvalue weighted by Crippen LogP contribution is -2.07. The van der Waals surface area contributed by atoms with Crippen LogP contribution in [0.15, 0.2) is 0 Å². The van der Waals surface area contributed by atoms with Crippen LogP contribution in [0.3, 0.4) is 0 Å². The van der Waals surface area contributed by atoms with E-state index in [1.54, 1.807) is 0 Å². The third-order valence-electron chi connectivity index (χ3n) is 0.776. The normalized spacial score (nSPS) is 10.4. The Kier molecular flexibility index (Phi) is 10.9. The van der Waals surface area contributed by atoms with Gasteiger partial charge in [0.25, 0.3) is 0 Å². The Hall–Kier alpha value is 0.460. The smallest absolute Gasteiger partial charge is 0.106 e. The zero-order valence-corrected chi connectivity index (χ0v) is 7.74. The van der Waals surface area contributed by atoms with Crippen molar-refractivity contribution in [2.45, 2.75) is 0 Å². The van der Waals surface area contributed by atoms with E-state index in [1.807, 2.05) is 0 Å². The molecule has 0 aromatic rings. The van der Waals surface area contributed by atoms with Gasteiger partial charge in [-0.15, -0.1) is 23.2 Å². The van der Waals surface area contributed by atoms with Gasteiger partial charge in [-0.1, -0.05) is 0 Å². The van der Waals surface area contributed by atoms with Crippen LogP contribution in [-0.4, -0.2) is 38.2 Å². The Morgan fingerprint density at radius 3 is 2.00 bits per heavy atom. The summed E-state index contributed by atoms with van der Waals surface area (Å²) < 4.78 is 4.99. The molecule has 0 bridgehead atoms. The lowest BCUT2D eigenvalue weighted by molar-refractivity contribution is -0.295. The molecule has 68 valence electrons. The summed E-state index contributed by atoms with van der Waals surface area (Å²) in [5.74, 6) is 0.936. The van der Waals surface area contributed by atoms with E-state index in [1.165, 1.54) is 0 Å². The molecule has 0 saturated heterocycles. The summed E-state index contributed by atoms with van der Waals surface area (Å²) in [6, 6.07) is 0. The molecule has 0 rings (SSSR count). The molecule has 0 aromatic carbocycles. The first-order chi connectivity index (χ1) is 5.41. The van der Waals surface area contributed by atoms with Crippen molar-refractivity contribution in [2.75, 3.05) is 38.2 Å². The summed E-state index contributed by atoms with van der Waals surface area (Å²) in [6.45, 7) is 1.85. The van der Waals surface area contributed by atoms with Crippen LogP contribution in [0, 0.1) is 0 Å². The summed E-state index contributed by atoms with van der Waals surface area (Å²) in [4.78, 5) is 9.29. The van der Waals surface area contributed by atoms with Gasteiger partial charge in [-0.2, -0.15) is 0 Å². The first kappa shape index (κ1) is 11.5. The zero-order valence-electron chi connectivity index (χ0n) is 6.22. The van der Waals surface area contributed by atoms with Crippen LogP contribution >= 0.6 is 23.2 Å². The maximum Gasteiger partial charge on any atom is 0.106 e. The van der Waals surface area contributed by atoms with Gasteiger partial charge in [0.15, 0.2) is 0 Å². The summed E-state index contributed by atoms with van der Waals surface area (Å²) in [5.41, 5.74) is 0. The molecule has 0 fully saturated rings. The molecule has 0 aliphatic carbocycles. The molecule has 0 N–H and O–H groups in total. The number of ether oxygens (including phenoxy) is 1. The van der Waals surface area contributed by atoms with Crippen LogP contribution in [0.25, 0.3) is 0 Å². The summed E-state index contributed by atoms with van der Waals surface area (Å²) in [5, 5.41) is 0. The molecule has 0 amide bonds. The highest BCUT2D eigenvalue weighted by molar-refractivity contribution is 6.18. The molecule has 0 aliphatic rings. The number of hydrogen-bond donors (Lipinski definition) is 0. The summed E-state index contributed by atoms with van der Waals surface area (Å²) in [6.07, 6.45) is 0. The second-order valence-electron chi connectivity index (χ2n) is 1.63. The number of hydrogen-bond acceptors (Lipinski definition) is 3. The van der Waals surface area contributed by atoms with Crippen LogP contribution in [0.1, 0.15) is 0 Å². The fourth-order valence-corrected chi connectivity index (χ4v) is 0.571. The SMILES string of the molecule is ClCCOCCOOCCCl. The van der Waals surface area contributed by atoms with Crippen molar-refractivity contribution in [1.82, 2.24) is 0 Å². The van der Waals surface area contributed by atoms with E-state index < -0.39 is 0 Å². The van der Waals surface area contributed by atoms with Crippen LogP contribution in [0.5, 0.6) is 0 Å². The van der Waals surface area contributed by atoms with Crippen molar-refractivity contribution in [1.29, 1.82) is 0 Å². The minimum absolute atomic E-state index is 0.400. The average molecular weight is 203 g/mol. The maximum absolute atomic E-state index is 5.35. The fourth-order valence-electron chi connectivity index (χ4n) is 0.399. The van der Waals surface area contributed by atoms with E-state index in [9.17, 15) is 0 Å². The number of halogens is 2. The molecule has 3 nitrogen and oxygen atoms in total. The maximum atomic E-state index is 5.35. The standard InChI is InChI=1S/C6H12Cl2O3/c7-1-3-9-5-6-11-10-4-2-8/h1-6H2. The zero-order chi connectivity index (χ0) is 8.36. The highest BCUT2D eigenvalue weighted by Crippen LogP contribution is 1.83. The molecule has 0 unspecified atom stereocenters. The third kappa shape index (κ3) is 10.5. The Balaban J connectivity index is 2.69. The van der Waals surface area contributed by atoms with Gasteiger partial charge in [-0.3, -0.25) is 0 Å². The predicted molar refractivity (Wildman–Crippen MR) is 44.2 cm³/mol. The monoisotopic (exact) mass is 202 g/mol. The van der Waals surface area contributed by atoms with Crippen molar-refractivity contribution in [3.63, 3.8) is 0 Å². The molecule has 0 atom stereocenters. The van der Waals surface area contributed by atoms with Gasteiger partial charge in [-0.25, -0.2) is 9.78 Å². The highest BCUT2D eigenvalue weighted by Gasteiger charge is 1.88. The van der Waals surface area contributed by atoms with Crippen molar-refractivity contribution in [3.8, 4) is 0 Å². The van der Waals surface area contributed by atoms with Crippen LogP contribution < -0.4 is 0 Å². The summed E-state index contributed by atoms with van der Waals surface area (Å²) >= 11 is 10.7. The van der Waals surface area contributed by atoms with E-state index >= 15 is 0 Å². The Morgan fingerprint density at radius 2 is 1.36 bits per heavy atom.